The van der Waals surface area contributed by atoms with Crippen molar-refractivity contribution >= 4 is 11.7 Å². The number of hydrogen-bond acceptors (Lipinski definition) is 10. The van der Waals surface area contributed by atoms with Gasteiger partial charge in [0.1, 0.15) is 28.1 Å². The van der Waals surface area contributed by atoms with Gasteiger partial charge in [-0.05, 0) is 37.8 Å². The molecule has 1 spiro atoms. The van der Waals surface area contributed by atoms with Crippen LogP contribution in [-0.2, 0) is 9.47 Å². The molecule has 10 atom stereocenters. The summed E-state index contributed by atoms with van der Waals surface area (Å²) in [7, 11) is 0. The van der Waals surface area contributed by atoms with Gasteiger partial charge in [0.2, 0.25) is 0 Å². The van der Waals surface area contributed by atoms with E-state index < -0.39 is 68.5 Å². The summed E-state index contributed by atoms with van der Waals surface area (Å²) in [5.41, 5.74) is -15.6. The molecular formula is C25H34N2O9. The molecule has 2 saturated heterocycles. The van der Waals surface area contributed by atoms with Gasteiger partial charge in [0.25, 0.3) is 0 Å². The second-order valence-electron chi connectivity index (χ2n) is 12.3. The minimum atomic E-state index is -2.63. The molecule has 0 amide bonds. The Balaban J connectivity index is 1.71. The number of esters is 1. The van der Waals surface area contributed by atoms with E-state index in [2.05, 4.69) is 10.1 Å². The molecule has 6 bridgehead atoms. The van der Waals surface area contributed by atoms with E-state index in [0.717, 1.165) is 0 Å². The predicted octanol–water partition coefficient (Wildman–Crippen LogP) is 0.282. The molecule has 0 aromatic carbocycles. The van der Waals surface area contributed by atoms with Gasteiger partial charge in [0.15, 0.2) is 17.5 Å². The largest absolute Gasteiger partial charge is 0.451 e. The summed E-state index contributed by atoms with van der Waals surface area (Å²) < 4.78 is 12.1. The lowest BCUT2D eigenvalue weighted by atomic mass is 9.52. The Hall–Kier alpha value is -2.02. The Labute approximate surface area is 207 Å². The molecule has 198 valence electrons. The monoisotopic (exact) mass is 506 g/mol. The number of carbonyl (C=O) groups is 1. The zero-order valence-corrected chi connectivity index (χ0v) is 20.9. The van der Waals surface area contributed by atoms with Crippen molar-refractivity contribution in [3.8, 4) is 0 Å². The highest BCUT2D eigenvalue weighted by molar-refractivity contribution is 6.01. The first kappa shape index (κ1) is 24.3. The molecule has 6 fully saturated rings. The summed E-state index contributed by atoms with van der Waals surface area (Å²) in [4.78, 5) is 15.9. The fourth-order valence-corrected chi connectivity index (χ4v) is 9.50. The third-order valence-electron chi connectivity index (χ3n) is 11.2. The van der Waals surface area contributed by atoms with Crippen LogP contribution in [-0.4, -0.2) is 87.3 Å². The van der Waals surface area contributed by atoms with Crippen LogP contribution < -0.4 is 0 Å². The van der Waals surface area contributed by atoms with Crippen LogP contribution in [0.3, 0.4) is 0 Å². The van der Waals surface area contributed by atoms with E-state index in [0.29, 0.717) is 6.42 Å². The number of rotatable bonds is 3. The van der Waals surface area contributed by atoms with Crippen molar-refractivity contribution in [2.24, 2.45) is 27.8 Å². The zero-order valence-electron chi connectivity index (χ0n) is 20.9. The lowest BCUT2D eigenvalue weighted by Crippen LogP contribution is -2.73. The van der Waals surface area contributed by atoms with E-state index in [1.807, 2.05) is 0 Å². The maximum absolute atomic E-state index is 13.2. The number of H-pyrrole nitrogens is 1. The van der Waals surface area contributed by atoms with E-state index in [1.165, 1.54) is 26.1 Å². The highest BCUT2D eigenvalue weighted by atomic mass is 16.7. The predicted molar refractivity (Wildman–Crippen MR) is 122 cm³/mol. The van der Waals surface area contributed by atoms with E-state index >= 15 is 0 Å². The minimum Gasteiger partial charge on any atom is -0.451 e. The molecule has 4 aliphatic carbocycles. The Morgan fingerprint density at radius 2 is 1.89 bits per heavy atom. The van der Waals surface area contributed by atoms with Crippen LogP contribution in [0.1, 0.15) is 64.4 Å². The van der Waals surface area contributed by atoms with Gasteiger partial charge < -0.3 is 45.2 Å². The fraction of sp³-hybridized carbons (Fsp3) is 0.760. The smallest absolute Gasteiger partial charge is 0.355 e. The normalized spacial score (nSPS) is 57.6. The molecule has 10 unspecified atom stereocenters. The van der Waals surface area contributed by atoms with Gasteiger partial charge in [-0.3, -0.25) is 0 Å². The molecule has 0 radical (unpaired) electrons. The van der Waals surface area contributed by atoms with Crippen LogP contribution in [0.25, 0.3) is 0 Å². The zero-order chi connectivity index (χ0) is 26.5. The van der Waals surface area contributed by atoms with Crippen molar-refractivity contribution in [2.45, 2.75) is 93.8 Å². The van der Waals surface area contributed by atoms with Gasteiger partial charge in [-0.25, -0.2) is 4.79 Å². The summed E-state index contributed by atoms with van der Waals surface area (Å²) in [6.07, 6.45) is -0.260. The maximum atomic E-state index is 13.2. The summed E-state index contributed by atoms with van der Waals surface area (Å²) >= 11 is 0. The molecule has 1 aromatic rings. The van der Waals surface area contributed by atoms with E-state index in [1.54, 1.807) is 26.8 Å². The molecule has 6 aliphatic rings. The van der Waals surface area contributed by atoms with E-state index in [9.17, 15) is 35.5 Å². The molecule has 1 aromatic heterocycles. The first-order chi connectivity index (χ1) is 16.6. The topological polar surface area (TPSA) is 185 Å². The number of aromatic nitrogens is 1. The highest BCUT2D eigenvalue weighted by Crippen LogP contribution is 2.90. The second-order valence-corrected chi connectivity index (χ2v) is 12.3. The highest BCUT2D eigenvalue weighted by Gasteiger charge is 3.10. The molecule has 36 heavy (non-hydrogen) atoms. The van der Waals surface area contributed by atoms with Crippen LogP contribution in [0, 0.1) is 22.7 Å². The molecule has 4 saturated carbocycles. The van der Waals surface area contributed by atoms with Gasteiger partial charge in [0.05, 0.1) is 11.1 Å². The number of aromatic amines is 1. The molecular weight excluding hydrogens is 472 g/mol. The van der Waals surface area contributed by atoms with Crippen LogP contribution >= 0.6 is 0 Å². The maximum Gasteiger partial charge on any atom is 0.355 e. The van der Waals surface area contributed by atoms with Gasteiger partial charge in [-0.15, -0.1) is 0 Å². The van der Waals surface area contributed by atoms with Crippen LogP contribution in [0.4, 0.5) is 0 Å². The summed E-state index contributed by atoms with van der Waals surface area (Å²) in [6.45, 7) is 7.86. The average molecular weight is 507 g/mol. The second kappa shape index (κ2) is 6.16. The number of nitrogens with zero attached hydrogens (tertiary/aromatic N) is 1. The number of hydrogen-bond donors (Lipinski definition) is 7. The molecule has 11 heteroatoms. The van der Waals surface area contributed by atoms with Crippen molar-refractivity contribution in [2.75, 3.05) is 0 Å². The van der Waals surface area contributed by atoms with Gasteiger partial charge in [-0.2, -0.15) is 0 Å². The molecule has 7 N–H and O–H groups in total. The Bertz CT molecular complexity index is 1200. The quantitative estimate of drug-likeness (QED) is 0.172. The third kappa shape index (κ3) is 1.74. The number of oxime groups is 1. The van der Waals surface area contributed by atoms with Crippen LogP contribution in [0.5, 0.6) is 0 Å². The molecule has 7 rings (SSSR count). The first-order valence-electron chi connectivity index (χ1n) is 12.4. The summed E-state index contributed by atoms with van der Waals surface area (Å²) in [5, 5.41) is 76.4. The van der Waals surface area contributed by atoms with Crippen molar-refractivity contribution in [3.63, 3.8) is 0 Å². The Morgan fingerprint density at radius 3 is 2.44 bits per heavy atom. The van der Waals surface area contributed by atoms with E-state index in [4.69, 9.17) is 9.47 Å². The van der Waals surface area contributed by atoms with Gasteiger partial charge >= 0.3 is 5.97 Å². The minimum absolute atomic E-state index is 0.0396. The SMILES string of the molecule is CC1CCC2(O)C3(C)CC4(O)OC2(/C1=N/O)C1(O)C3(O)C(OC(=O)c2ccc[nH]2)C(O)(C(C)C)C41C. The summed E-state index contributed by atoms with van der Waals surface area (Å²) in [6, 6.07) is 3.05. The van der Waals surface area contributed by atoms with Gasteiger partial charge in [0, 0.05) is 24.0 Å². The number of ether oxygens (including phenoxy) is 2. The van der Waals surface area contributed by atoms with E-state index in [-0.39, 0.29) is 24.2 Å². The number of aliphatic hydroxyl groups is 5. The summed E-state index contributed by atoms with van der Waals surface area (Å²) in [5.74, 6) is -4.45. The lowest BCUT2D eigenvalue weighted by Gasteiger charge is -2.59. The van der Waals surface area contributed by atoms with Crippen molar-refractivity contribution < 1.29 is 45.0 Å². The van der Waals surface area contributed by atoms with Crippen molar-refractivity contribution in [1.29, 1.82) is 0 Å². The average Bonchev–Trinajstić information content (AvgIpc) is 3.43. The standard InChI is InChI=1S/C25H34N2O9/c1-12(2)22(31)17(35-16(28)14-7-6-10-26-14)23(32)18(4)11-21(30)19(22,5)25(23,33)24(36-21)15(27-34)13(3)8-9-20(18,24)29/h6-7,10,12-13,17,26,29-34H,8-9,11H2,1-5H3/b27-15+. The lowest BCUT2D eigenvalue weighted by molar-refractivity contribution is -0.366. The number of carbonyl (C=O) groups excluding carboxylic acids is 1. The fourth-order valence-electron chi connectivity index (χ4n) is 9.50. The van der Waals surface area contributed by atoms with Gasteiger partial charge in [-0.1, -0.05) is 32.9 Å². The molecule has 2 aliphatic heterocycles. The Kier molecular flexibility index (Phi) is 4.16. The van der Waals surface area contributed by atoms with Crippen molar-refractivity contribution in [1.82, 2.24) is 4.98 Å². The molecule has 11 nitrogen and oxygen atoms in total. The number of nitrogens with one attached hydrogen (secondary N) is 1. The van der Waals surface area contributed by atoms with Crippen LogP contribution in [0.15, 0.2) is 23.5 Å². The first-order valence-corrected chi connectivity index (χ1v) is 12.4. The Morgan fingerprint density at radius 1 is 1.22 bits per heavy atom. The van der Waals surface area contributed by atoms with Crippen molar-refractivity contribution in [3.05, 3.63) is 24.0 Å². The molecule has 3 heterocycles. The third-order valence-corrected chi connectivity index (χ3v) is 11.2. The van der Waals surface area contributed by atoms with Crippen LogP contribution in [0.2, 0.25) is 0 Å².